The number of likely N-dealkylation sites (tertiary alicyclic amines) is 1. The summed E-state index contributed by atoms with van der Waals surface area (Å²) in [6.07, 6.45) is -0.504. The summed E-state index contributed by atoms with van der Waals surface area (Å²) in [6, 6.07) is 0. The van der Waals surface area contributed by atoms with E-state index < -0.39 is 12.1 Å². The van der Waals surface area contributed by atoms with Crippen LogP contribution < -0.4 is 0 Å². The molecule has 2 aliphatic heterocycles. The summed E-state index contributed by atoms with van der Waals surface area (Å²) in [4.78, 5) is 17.2. The molecule has 10 heteroatoms. The molecule has 3 aliphatic rings. The maximum atomic E-state index is 10.6. The van der Waals surface area contributed by atoms with Crippen molar-refractivity contribution in [1.82, 2.24) is 9.88 Å². The molecule has 2 saturated heterocycles. The number of alkyl halides is 3. The van der Waals surface area contributed by atoms with Crippen molar-refractivity contribution in [2.45, 2.75) is 49.8 Å². The molecule has 1 aromatic heterocycles. The summed E-state index contributed by atoms with van der Waals surface area (Å²) in [5.74, 6) is -0.656. The molecule has 1 spiro atoms. The molecule has 0 bridgehead atoms. The number of aromatic nitrogens is 1. The van der Waals surface area contributed by atoms with Crippen molar-refractivity contribution in [2.75, 3.05) is 25.4 Å². The Morgan fingerprint density at radius 2 is 2.11 bits per heavy atom. The van der Waals surface area contributed by atoms with Crippen LogP contribution in [-0.4, -0.2) is 63.4 Å². The monoisotopic (exact) mass is 424 g/mol. The Morgan fingerprint density at radius 1 is 1.44 bits per heavy atom. The van der Waals surface area contributed by atoms with Crippen LogP contribution in [0.4, 0.5) is 13.2 Å². The summed E-state index contributed by atoms with van der Waals surface area (Å²) < 4.78 is 38.3. The quantitative estimate of drug-likeness (QED) is 0.780. The van der Waals surface area contributed by atoms with E-state index in [-0.39, 0.29) is 0 Å². The van der Waals surface area contributed by atoms with Gasteiger partial charge < -0.3 is 9.84 Å². The number of nitrogens with zero attached hydrogens (tertiary/aromatic N) is 2. The molecule has 0 radical (unpaired) electrons. The Kier molecular flexibility index (Phi) is 6.39. The summed E-state index contributed by atoms with van der Waals surface area (Å²) in [5.41, 5.74) is 3.17. The van der Waals surface area contributed by atoms with Gasteiger partial charge in [0.25, 0.3) is 0 Å². The highest BCUT2D eigenvalue weighted by molar-refractivity contribution is 8.01. The fourth-order valence-electron chi connectivity index (χ4n) is 3.25. The molecule has 3 fully saturated rings. The predicted molar refractivity (Wildman–Crippen MR) is 98.1 cm³/mol. The molecule has 152 valence electrons. The third-order valence-corrected chi connectivity index (χ3v) is 7.41. The first-order valence-electron chi connectivity index (χ1n) is 8.84. The number of aryl methyl sites for hydroxylation is 1. The molecule has 5 nitrogen and oxygen atoms in total. The number of thioether (sulfide) groups is 1. The number of carboxylic acids is 1. The highest BCUT2D eigenvalue weighted by Crippen LogP contribution is 2.47. The molecule has 1 aromatic rings. The van der Waals surface area contributed by atoms with Crippen LogP contribution in [0.25, 0.3) is 0 Å². The van der Waals surface area contributed by atoms with Gasteiger partial charge in [0.05, 0.1) is 17.3 Å². The van der Waals surface area contributed by atoms with Crippen molar-refractivity contribution in [1.29, 1.82) is 0 Å². The lowest BCUT2D eigenvalue weighted by Gasteiger charge is -2.47. The zero-order chi connectivity index (χ0) is 19.7. The lowest BCUT2D eigenvalue weighted by atomic mass is 9.93. The van der Waals surface area contributed by atoms with Crippen LogP contribution in [0.3, 0.4) is 0 Å². The van der Waals surface area contributed by atoms with Crippen LogP contribution in [0.5, 0.6) is 0 Å². The Balaban J connectivity index is 0.000000260. The van der Waals surface area contributed by atoms with Crippen molar-refractivity contribution in [3.63, 3.8) is 0 Å². The zero-order valence-electron chi connectivity index (χ0n) is 15.0. The number of rotatable bonds is 5. The summed E-state index contributed by atoms with van der Waals surface area (Å²) >= 11 is 3.95. The van der Waals surface area contributed by atoms with E-state index in [0.717, 1.165) is 19.1 Å². The average Bonchev–Trinajstić information content (AvgIpc) is 3.16. The van der Waals surface area contributed by atoms with Gasteiger partial charge in [-0.2, -0.15) is 13.2 Å². The minimum atomic E-state index is -5.08. The van der Waals surface area contributed by atoms with Crippen LogP contribution in [0.1, 0.15) is 29.8 Å². The van der Waals surface area contributed by atoms with Crippen LogP contribution in [0.2, 0.25) is 0 Å². The van der Waals surface area contributed by atoms with Crippen LogP contribution in [0, 0.1) is 12.8 Å². The largest absolute Gasteiger partial charge is 0.490 e. The molecule has 1 unspecified atom stereocenters. The van der Waals surface area contributed by atoms with E-state index >= 15 is 0 Å². The summed E-state index contributed by atoms with van der Waals surface area (Å²) in [7, 11) is 0. The van der Waals surface area contributed by atoms with Gasteiger partial charge >= 0.3 is 12.1 Å². The van der Waals surface area contributed by atoms with Crippen molar-refractivity contribution in [2.24, 2.45) is 5.92 Å². The van der Waals surface area contributed by atoms with Gasteiger partial charge in [-0.1, -0.05) is 0 Å². The molecule has 1 atom stereocenters. The third kappa shape index (κ3) is 5.82. The second-order valence-corrected chi connectivity index (χ2v) is 9.83. The van der Waals surface area contributed by atoms with E-state index in [9.17, 15) is 13.2 Å². The van der Waals surface area contributed by atoms with Gasteiger partial charge in [0.1, 0.15) is 0 Å². The van der Waals surface area contributed by atoms with E-state index in [2.05, 4.69) is 28.6 Å². The summed E-state index contributed by atoms with van der Waals surface area (Å²) in [5, 5.41) is 7.12. The van der Waals surface area contributed by atoms with Crippen LogP contribution in [0.15, 0.2) is 5.51 Å². The van der Waals surface area contributed by atoms with Crippen LogP contribution in [-0.2, 0) is 16.1 Å². The number of ether oxygens (including phenoxy) is 1. The van der Waals surface area contributed by atoms with E-state index in [1.807, 2.05) is 5.51 Å². The molecule has 4 rings (SSSR count). The smallest absolute Gasteiger partial charge is 0.475 e. The van der Waals surface area contributed by atoms with E-state index in [1.165, 1.54) is 48.7 Å². The predicted octanol–water partition coefficient (Wildman–Crippen LogP) is 3.57. The molecular weight excluding hydrogens is 401 g/mol. The van der Waals surface area contributed by atoms with Gasteiger partial charge in [-0.3, -0.25) is 4.90 Å². The number of hydrogen-bond donors (Lipinski definition) is 1. The lowest BCUT2D eigenvalue weighted by molar-refractivity contribution is -0.192. The number of halogens is 3. The first-order valence-corrected chi connectivity index (χ1v) is 10.7. The average molecular weight is 425 g/mol. The highest BCUT2D eigenvalue weighted by atomic mass is 32.2. The van der Waals surface area contributed by atoms with Crippen molar-refractivity contribution < 1.29 is 27.8 Å². The third-order valence-electron chi connectivity index (χ3n) is 4.92. The zero-order valence-corrected chi connectivity index (χ0v) is 16.6. The maximum Gasteiger partial charge on any atom is 0.490 e. The maximum absolute atomic E-state index is 10.6. The molecular formula is C17H23F3N2O3S2. The van der Waals surface area contributed by atoms with Gasteiger partial charge in [0.2, 0.25) is 0 Å². The molecule has 1 N–H and O–H groups in total. The number of carboxylic acid groups (broad SMARTS) is 1. The first kappa shape index (κ1) is 20.9. The van der Waals surface area contributed by atoms with Gasteiger partial charge in [-0.25, -0.2) is 9.78 Å². The summed E-state index contributed by atoms with van der Waals surface area (Å²) in [6.45, 7) is 6.70. The van der Waals surface area contributed by atoms with Crippen molar-refractivity contribution >= 4 is 29.1 Å². The van der Waals surface area contributed by atoms with E-state index in [1.54, 1.807) is 11.3 Å². The molecule has 27 heavy (non-hydrogen) atoms. The second-order valence-electron chi connectivity index (χ2n) is 7.41. The van der Waals surface area contributed by atoms with Crippen molar-refractivity contribution in [3.8, 4) is 0 Å². The molecule has 0 aromatic carbocycles. The lowest BCUT2D eigenvalue weighted by Crippen LogP contribution is -2.58. The Morgan fingerprint density at radius 3 is 2.63 bits per heavy atom. The second kappa shape index (κ2) is 8.26. The molecule has 1 aliphatic carbocycles. The molecule has 0 amide bonds. The number of aliphatic carboxylic acids is 1. The van der Waals surface area contributed by atoms with Gasteiger partial charge in [-0.05, 0) is 32.1 Å². The Hall–Kier alpha value is -0.840. The Bertz CT molecular complexity index is 658. The van der Waals surface area contributed by atoms with Gasteiger partial charge in [0.15, 0.2) is 0 Å². The molecule has 1 saturated carbocycles. The number of hydrogen-bond acceptors (Lipinski definition) is 6. The highest BCUT2D eigenvalue weighted by Gasteiger charge is 2.49. The normalized spacial score (nSPS) is 24.4. The minimum Gasteiger partial charge on any atom is -0.475 e. The molecule has 3 heterocycles. The number of thiazole rings is 1. The number of carbonyl (C=O) groups is 1. The SMILES string of the molecule is Cc1ncsc1CN1CC2(CC(OCC3CC3)CS2)C1.O=C(O)C(F)(F)F. The van der Waals surface area contributed by atoms with E-state index in [0.29, 0.717) is 10.9 Å². The van der Waals surface area contributed by atoms with E-state index in [4.69, 9.17) is 14.6 Å². The van der Waals surface area contributed by atoms with Crippen LogP contribution >= 0.6 is 23.1 Å². The fraction of sp³-hybridized carbons (Fsp3) is 0.765. The van der Waals surface area contributed by atoms with Gasteiger partial charge in [0, 0.05) is 41.6 Å². The standard InChI is InChI=1S/C15H22N2OS2.C2HF3O2/c1-11-14(19-10-16-11)5-17-8-15(9-17)4-13(7-20-15)18-6-12-2-3-12;3-2(4,5)1(6)7/h10,12-13H,2-9H2,1H3;(H,6,7). The minimum absolute atomic E-state index is 0.507. The van der Waals surface area contributed by atoms with Crippen molar-refractivity contribution in [3.05, 3.63) is 16.1 Å². The topological polar surface area (TPSA) is 62.7 Å². The Labute approximate surface area is 164 Å². The first-order chi connectivity index (χ1) is 12.7. The fourth-order valence-corrected chi connectivity index (χ4v) is 5.67. The van der Waals surface area contributed by atoms with Gasteiger partial charge in [-0.15, -0.1) is 23.1 Å².